The number of carbonyl (C=O) groups is 3. The van der Waals surface area contributed by atoms with Crippen molar-refractivity contribution in [3.63, 3.8) is 0 Å². The second-order valence-electron chi connectivity index (χ2n) is 20.6. The Hall–Kier alpha value is -3.27. The second kappa shape index (κ2) is 53.0. The summed E-state index contributed by atoms with van der Waals surface area (Å²) in [5, 5.41) is 9.70. The number of unbranched alkanes of at least 4 members (excludes halogenated alkanes) is 26. The summed E-state index contributed by atoms with van der Waals surface area (Å²) >= 11 is 0. The predicted molar refractivity (Wildman–Crippen MR) is 299 cm³/mol. The van der Waals surface area contributed by atoms with Crippen LogP contribution in [0, 0.1) is 0 Å². The molecule has 2 unspecified atom stereocenters. The molecule has 0 saturated carbocycles. The topological polar surface area (TPSA) is 108 Å². The number of carbonyl (C=O) groups excluding carboxylic acids is 2. The number of nitrogens with zero attached hydrogens (tertiary/aromatic N) is 1. The number of aliphatic carboxylic acids is 1. The molecular formula is C62H110NO8+. The van der Waals surface area contributed by atoms with E-state index in [1.807, 2.05) is 21.1 Å². The van der Waals surface area contributed by atoms with Crippen molar-refractivity contribution in [2.75, 3.05) is 47.5 Å². The van der Waals surface area contributed by atoms with Crippen LogP contribution >= 0.6 is 0 Å². The van der Waals surface area contributed by atoms with Gasteiger partial charge in [0, 0.05) is 12.8 Å². The normalized spacial score (nSPS) is 13.3. The first-order valence-corrected chi connectivity index (χ1v) is 29.1. The van der Waals surface area contributed by atoms with Gasteiger partial charge in [-0.15, -0.1) is 0 Å². The second-order valence-corrected chi connectivity index (χ2v) is 20.6. The van der Waals surface area contributed by atoms with Crippen molar-refractivity contribution in [3.05, 3.63) is 72.9 Å². The van der Waals surface area contributed by atoms with E-state index >= 15 is 0 Å². The van der Waals surface area contributed by atoms with Gasteiger partial charge in [0.1, 0.15) is 13.2 Å². The number of hydrogen-bond acceptors (Lipinski definition) is 7. The fraction of sp³-hybridized carbons (Fsp3) is 0.758. The van der Waals surface area contributed by atoms with Crippen LogP contribution in [0.3, 0.4) is 0 Å². The Bertz CT molecular complexity index is 1390. The third kappa shape index (κ3) is 54.3. The smallest absolute Gasteiger partial charge is 0.361 e. The van der Waals surface area contributed by atoms with E-state index in [1.54, 1.807) is 0 Å². The number of carboxylic acid groups (broad SMARTS) is 1. The van der Waals surface area contributed by atoms with Crippen LogP contribution in [-0.4, -0.2) is 87.4 Å². The molecule has 71 heavy (non-hydrogen) atoms. The summed E-state index contributed by atoms with van der Waals surface area (Å²) in [6.07, 6.45) is 65.5. The van der Waals surface area contributed by atoms with Gasteiger partial charge in [0.2, 0.25) is 0 Å². The maximum absolute atomic E-state index is 12.9. The summed E-state index contributed by atoms with van der Waals surface area (Å²) in [5.74, 6) is -2.01. The summed E-state index contributed by atoms with van der Waals surface area (Å²) in [4.78, 5) is 37.4. The van der Waals surface area contributed by atoms with Crippen LogP contribution in [0.15, 0.2) is 72.9 Å². The molecule has 9 nitrogen and oxygen atoms in total. The van der Waals surface area contributed by atoms with E-state index in [9.17, 15) is 19.5 Å². The minimum atomic E-state index is -1.51. The molecular weight excluding hydrogens is 887 g/mol. The Kier molecular flexibility index (Phi) is 50.6. The zero-order valence-electron chi connectivity index (χ0n) is 46.6. The zero-order chi connectivity index (χ0) is 52.0. The molecule has 0 aromatic rings. The van der Waals surface area contributed by atoms with E-state index < -0.39 is 24.3 Å². The summed E-state index contributed by atoms with van der Waals surface area (Å²) in [7, 11) is 5.97. The molecule has 0 amide bonds. The highest BCUT2D eigenvalue weighted by molar-refractivity contribution is 5.71. The minimum Gasteiger partial charge on any atom is -0.477 e. The van der Waals surface area contributed by atoms with Crippen molar-refractivity contribution in [3.8, 4) is 0 Å². The van der Waals surface area contributed by atoms with Gasteiger partial charge >= 0.3 is 17.9 Å². The molecule has 410 valence electrons. The standard InChI is InChI=1S/C62H109NO8/c1-6-8-10-12-14-16-18-20-22-24-25-26-27-28-29-30-31-32-33-34-35-37-39-41-43-45-47-49-51-53-60(65)71-58(57-70-62(61(66)67)68-55-54-63(3,4)5)56-69-59(64)52-50-48-46-44-42-40-38-36-23-21-19-17-15-13-11-9-7-2/h8,10,14,16,20-23,25-26,28-29,58,62H,6-7,9,11-13,15,17-19,24,27,30-57H2,1-5H3/p+1/b10-8-,16-14-,22-20-,23-21-,26-25-,29-28-. The van der Waals surface area contributed by atoms with E-state index in [0.717, 1.165) is 70.6 Å². The van der Waals surface area contributed by atoms with Crippen LogP contribution in [0.25, 0.3) is 0 Å². The quantitative estimate of drug-likeness (QED) is 0.0211. The van der Waals surface area contributed by atoms with Gasteiger partial charge in [0.05, 0.1) is 34.4 Å². The van der Waals surface area contributed by atoms with Gasteiger partial charge in [0.25, 0.3) is 6.29 Å². The maximum Gasteiger partial charge on any atom is 0.361 e. The van der Waals surface area contributed by atoms with Gasteiger partial charge in [-0.1, -0.05) is 222 Å². The van der Waals surface area contributed by atoms with Crippen molar-refractivity contribution in [2.45, 2.75) is 257 Å². The first-order valence-electron chi connectivity index (χ1n) is 29.1. The highest BCUT2D eigenvalue weighted by Crippen LogP contribution is 2.16. The number of rotatable bonds is 53. The van der Waals surface area contributed by atoms with Crippen molar-refractivity contribution in [1.82, 2.24) is 0 Å². The number of quaternary nitrogens is 1. The first kappa shape index (κ1) is 67.7. The first-order chi connectivity index (χ1) is 34.6. The summed E-state index contributed by atoms with van der Waals surface area (Å²) in [5.41, 5.74) is 0. The third-order valence-electron chi connectivity index (χ3n) is 12.4. The lowest BCUT2D eigenvalue weighted by molar-refractivity contribution is -0.870. The fourth-order valence-electron chi connectivity index (χ4n) is 7.98. The Labute approximate surface area is 437 Å². The van der Waals surface area contributed by atoms with E-state index in [2.05, 4.69) is 86.8 Å². The lowest BCUT2D eigenvalue weighted by atomic mass is 10.0. The van der Waals surface area contributed by atoms with E-state index in [1.165, 1.54) is 148 Å². The number of allylic oxidation sites excluding steroid dienone is 12. The van der Waals surface area contributed by atoms with Gasteiger partial charge in [-0.25, -0.2) is 4.79 Å². The van der Waals surface area contributed by atoms with Crippen LogP contribution < -0.4 is 0 Å². The number of carboxylic acids is 1. The fourth-order valence-corrected chi connectivity index (χ4v) is 7.98. The molecule has 1 N–H and O–H groups in total. The maximum atomic E-state index is 12.9. The average Bonchev–Trinajstić information content (AvgIpc) is 3.34. The molecule has 0 heterocycles. The minimum absolute atomic E-state index is 0.185. The molecule has 0 fully saturated rings. The molecule has 0 aromatic carbocycles. The van der Waals surface area contributed by atoms with Crippen molar-refractivity contribution < 1.29 is 42.9 Å². The third-order valence-corrected chi connectivity index (χ3v) is 12.4. The largest absolute Gasteiger partial charge is 0.477 e. The highest BCUT2D eigenvalue weighted by Gasteiger charge is 2.25. The monoisotopic (exact) mass is 997 g/mol. The van der Waals surface area contributed by atoms with Crippen LogP contribution in [0.1, 0.15) is 245 Å². The molecule has 2 atom stereocenters. The molecule has 0 spiro atoms. The molecule has 0 bridgehead atoms. The molecule has 0 aromatic heterocycles. The summed E-state index contributed by atoms with van der Waals surface area (Å²) < 4.78 is 22.9. The van der Waals surface area contributed by atoms with Crippen molar-refractivity contribution >= 4 is 17.9 Å². The van der Waals surface area contributed by atoms with Crippen molar-refractivity contribution in [2.24, 2.45) is 0 Å². The Morgan fingerprint density at radius 1 is 0.437 bits per heavy atom. The summed E-state index contributed by atoms with van der Waals surface area (Å²) in [6, 6.07) is 0. The van der Waals surface area contributed by atoms with Crippen LogP contribution in [0.5, 0.6) is 0 Å². The van der Waals surface area contributed by atoms with E-state index in [-0.39, 0.29) is 32.2 Å². The SMILES string of the molecule is CC/C=C\C/C=C\C/C=C\C/C=C\C/C=C\CCCCCCCCCCCCCCCC(=O)OC(COC(=O)CCCCCCCCC/C=C\CCCCCCCC)COC(OCC[N+](C)(C)C)C(=O)O. The van der Waals surface area contributed by atoms with Gasteiger partial charge < -0.3 is 28.5 Å². The number of hydrogen-bond donors (Lipinski definition) is 1. The van der Waals surface area contributed by atoms with E-state index in [0.29, 0.717) is 17.4 Å². The number of likely N-dealkylation sites (N-methyl/N-ethyl adjacent to an activating group) is 1. The highest BCUT2D eigenvalue weighted by atomic mass is 16.7. The number of ether oxygens (including phenoxy) is 4. The lowest BCUT2D eigenvalue weighted by Crippen LogP contribution is -2.40. The van der Waals surface area contributed by atoms with Gasteiger partial charge in [-0.3, -0.25) is 9.59 Å². The molecule has 0 aliphatic carbocycles. The molecule has 0 saturated heterocycles. The van der Waals surface area contributed by atoms with Gasteiger partial charge in [0.15, 0.2) is 6.10 Å². The lowest BCUT2D eigenvalue weighted by Gasteiger charge is -2.25. The predicted octanol–water partition coefficient (Wildman–Crippen LogP) is 17.0. The van der Waals surface area contributed by atoms with Gasteiger partial charge in [-0.05, 0) is 83.5 Å². The van der Waals surface area contributed by atoms with Crippen molar-refractivity contribution in [1.29, 1.82) is 0 Å². The van der Waals surface area contributed by atoms with Crippen LogP contribution in [0.4, 0.5) is 0 Å². The molecule has 9 heteroatoms. The molecule has 0 aliphatic heterocycles. The molecule has 0 rings (SSSR count). The average molecular weight is 998 g/mol. The van der Waals surface area contributed by atoms with Crippen LogP contribution in [0.2, 0.25) is 0 Å². The Balaban J connectivity index is 4.21. The summed E-state index contributed by atoms with van der Waals surface area (Å²) in [6.45, 7) is 4.77. The zero-order valence-corrected chi connectivity index (χ0v) is 46.6. The van der Waals surface area contributed by atoms with Crippen LogP contribution in [-0.2, 0) is 33.3 Å². The Morgan fingerprint density at radius 2 is 0.803 bits per heavy atom. The molecule has 0 aliphatic rings. The molecule has 0 radical (unpaired) electrons. The van der Waals surface area contributed by atoms with E-state index in [4.69, 9.17) is 18.9 Å². The Morgan fingerprint density at radius 3 is 1.21 bits per heavy atom. The number of esters is 2. The van der Waals surface area contributed by atoms with Gasteiger partial charge in [-0.2, -0.15) is 0 Å².